The highest BCUT2D eigenvalue weighted by Gasteiger charge is 2.18. The first kappa shape index (κ1) is 13.9. The number of rotatable bonds is 2. The van der Waals surface area contributed by atoms with Crippen molar-refractivity contribution in [2.45, 2.75) is 19.4 Å². The van der Waals surface area contributed by atoms with E-state index in [1.807, 2.05) is 24.3 Å². The number of anilines is 1. The molecule has 1 atom stereocenters. The summed E-state index contributed by atoms with van der Waals surface area (Å²) in [7, 11) is 0. The van der Waals surface area contributed by atoms with Crippen molar-refractivity contribution in [1.29, 1.82) is 5.41 Å². The van der Waals surface area contributed by atoms with E-state index < -0.39 is 0 Å². The monoisotopic (exact) mass is 283 g/mol. The number of benzene rings is 2. The maximum absolute atomic E-state index is 7.74. The lowest BCUT2D eigenvalue weighted by Crippen LogP contribution is -2.30. The van der Waals surface area contributed by atoms with Crippen molar-refractivity contribution < 1.29 is 4.74 Å². The predicted octanol–water partition coefficient (Wildman–Crippen LogP) is 2.74. The molecule has 0 amide bonds. The van der Waals surface area contributed by atoms with E-state index >= 15 is 0 Å². The predicted molar refractivity (Wildman–Crippen MR) is 87.2 cm³/mol. The molecule has 0 aromatic heterocycles. The largest absolute Gasteiger partial charge is 0.384 e. The molecule has 0 radical (unpaired) electrons. The molecule has 3 rings (SSSR count). The summed E-state index contributed by atoms with van der Waals surface area (Å²) in [5.74, 6) is 0.116. The number of ether oxygens (including phenoxy) is 1. The van der Waals surface area contributed by atoms with Gasteiger partial charge >= 0.3 is 0 Å². The Morgan fingerprint density at radius 3 is 2.76 bits per heavy atom. The summed E-state index contributed by atoms with van der Waals surface area (Å²) in [6.45, 7) is 4.82. The summed E-state index contributed by atoms with van der Waals surface area (Å²) in [4.78, 5) is 2.38. The van der Waals surface area contributed by atoms with Crippen molar-refractivity contribution in [2.24, 2.45) is 5.73 Å². The molecule has 0 spiro atoms. The van der Waals surface area contributed by atoms with Gasteiger partial charge < -0.3 is 15.4 Å². The minimum Gasteiger partial charge on any atom is -0.384 e. The van der Waals surface area contributed by atoms with Crippen LogP contribution >= 0.6 is 0 Å². The zero-order chi connectivity index (χ0) is 14.8. The van der Waals surface area contributed by atoms with E-state index in [1.165, 1.54) is 5.69 Å². The first-order chi connectivity index (χ1) is 10.2. The van der Waals surface area contributed by atoms with Crippen LogP contribution in [0.3, 0.4) is 0 Å². The van der Waals surface area contributed by atoms with Crippen LogP contribution in [0.2, 0.25) is 0 Å². The van der Waals surface area contributed by atoms with Gasteiger partial charge in [-0.1, -0.05) is 24.3 Å². The normalized spacial score (nSPS) is 19.5. The average Bonchev–Trinajstić information content (AvgIpc) is 2.70. The number of hydrogen-bond donors (Lipinski definition) is 2. The lowest BCUT2D eigenvalue weighted by atomic mass is 10.0. The Hall–Kier alpha value is -2.07. The third-order valence-corrected chi connectivity index (χ3v) is 3.98. The third-order valence-electron chi connectivity index (χ3n) is 3.98. The molecule has 1 fully saturated rings. The van der Waals surface area contributed by atoms with Gasteiger partial charge in [-0.05, 0) is 30.9 Å². The molecule has 0 saturated carbocycles. The summed E-state index contributed by atoms with van der Waals surface area (Å²) in [5, 5.41) is 9.94. The molecule has 4 nitrogen and oxygen atoms in total. The lowest BCUT2D eigenvalue weighted by molar-refractivity contribution is 0.0821. The van der Waals surface area contributed by atoms with Crippen LogP contribution in [-0.4, -0.2) is 31.6 Å². The molecule has 1 aliphatic heterocycles. The van der Waals surface area contributed by atoms with Crippen LogP contribution in [0.4, 0.5) is 5.69 Å². The van der Waals surface area contributed by atoms with E-state index in [1.54, 1.807) is 0 Å². The Morgan fingerprint density at radius 1 is 1.24 bits per heavy atom. The quantitative estimate of drug-likeness (QED) is 0.658. The van der Waals surface area contributed by atoms with Crippen molar-refractivity contribution in [1.82, 2.24) is 0 Å². The third kappa shape index (κ3) is 2.72. The SMILES string of the molecule is CC1CN(c2ccc(C(=N)N)c3ccccc23)CCCO1. The Bertz CT molecular complexity index is 668. The number of nitrogens with two attached hydrogens (primary N) is 1. The minimum absolute atomic E-state index is 0.116. The molecule has 1 unspecified atom stereocenters. The summed E-state index contributed by atoms with van der Waals surface area (Å²) in [5.41, 5.74) is 7.71. The maximum atomic E-state index is 7.74. The topological polar surface area (TPSA) is 62.3 Å². The molecule has 1 heterocycles. The van der Waals surface area contributed by atoms with Gasteiger partial charge in [0, 0.05) is 36.3 Å². The highest BCUT2D eigenvalue weighted by Crippen LogP contribution is 2.30. The molecule has 3 N–H and O–H groups in total. The van der Waals surface area contributed by atoms with Crippen LogP contribution < -0.4 is 10.6 Å². The molecule has 2 aromatic rings. The fourth-order valence-corrected chi connectivity index (χ4v) is 3.01. The van der Waals surface area contributed by atoms with Crippen molar-refractivity contribution in [3.05, 3.63) is 42.0 Å². The van der Waals surface area contributed by atoms with Crippen LogP contribution in [0.5, 0.6) is 0 Å². The van der Waals surface area contributed by atoms with Gasteiger partial charge in [-0.15, -0.1) is 0 Å². The summed E-state index contributed by atoms with van der Waals surface area (Å²) < 4.78 is 5.73. The number of nitrogens with one attached hydrogen (secondary N) is 1. The first-order valence-corrected chi connectivity index (χ1v) is 7.39. The summed E-state index contributed by atoms with van der Waals surface area (Å²) in [6, 6.07) is 12.2. The molecule has 2 aromatic carbocycles. The molecule has 1 saturated heterocycles. The zero-order valence-corrected chi connectivity index (χ0v) is 12.3. The highest BCUT2D eigenvalue weighted by molar-refractivity contribution is 6.10. The second-order valence-electron chi connectivity index (χ2n) is 5.57. The van der Waals surface area contributed by atoms with Gasteiger partial charge in [-0.2, -0.15) is 0 Å². The van der Waals surface area contributed by atoms with Crippen LogP contribution in [0.15, 0.2) is 36.4 Å². The second kappa shape index (κ2) is 5.74. The van der Waals surface area contributed by atoms with Crippen LogP contribution in [0, 0.1) is 5.41 Å². The lowest BCUT2D eigenvalue weighted by Gasteiger charge is -2.26. The molecule has 0 aliphatic carbocycles. The van der Waals surface area contributed by atoms with E-state index in [2.05, 4.69) is 24.0 Å². The van der Waals surface area contributed by atoms with Crippen LogP contribution in [0.25, 0.3) is 10.8 Å². The molecular weight excluding hydrogens is 262 g/mol. The van der Waals surface area contributed by atoms with Crippen LogP contribution in [-0.2, 0) is 4.74 Å². The van der Waals surface area contributed by atoms with E-state index in [0.717, 1.165) is 42.5 Å². The Balaban J connectivity index is 2.10. The molecule has 4 heteroatoms. The first-order valence-electron chi connectivity index (χ1n) is 7.39. The van der Waals surface area contributed by atoms with Crippen molar-refractivity contribution >= 4 is 22.3 Å². The summed E-state index contributed by atoms with van der Waals surface area (Å²) in [6.07, 6.45) is 1.27. The average molecular weight is 283 g/mol. The number of nitrogen functional groups attached to an aromatic ring is 1. The van der Waals surface area contributed by atoms with Gasteiger partial charge in [0.1, 0.15) is 5.84 Å². The van der Waals surface area contributed by atoms with Gasteiger partial charge in [-0.3, -0.25) is 5.41 Å². The van der Waals surface area contributed by atoms with E-state index in [4.69, 9.17) is 15.9 Å². The zero-order valence-electron chi connectivity index (χ0n) is 12.3. The van der Waals surface area contributed by atoms with E-state index in [-0.39, 0.29) is 11.9 Å². The van der Waals surface area contributed by atoms with Crippen LogP contribution in [0.1, 0.15) is 18.9 Å². The van der Waals surface area contributed by atoms with Gasteiger partial charge in [-0.25, -0.2) is 0 Å². The fraction of sp³-hybridized carbons (Fsp3) is 0.353. The molecule has 0 bridgehead atoms. The van der Waals surface area contributed by atoms with Crippen molar-refractivity contribution in [3.63, 3.8) is 0 Å². The van der Waals surface area contributed by atoms with E-state index in [0.29, 0.717) is 0 Å². The fourth-order valence-electron chi connectivity index (χ4n) is 3.01. The Morgan fingerprint density at radius 2 is 2.00 bits per heavy atom. The van der Waals surface area contributed by atoms with Gasteiger partial charge in [0.25, 0.3) is 0 Å². The van der Waals surface area contributed by atoms with Crippen molar-refractivity contribution in [2.75, 3.05) is 24.6 Å². The molecule has 1 aliphatic rings. The number of nitrogens with zero attached hydrogens (tertiary/aromatic N) is 1. The van der Waals surface area contributed by atoms with Gasteiger partial charge in [0.2, 0.25) is 0 Å². The van der Waals surface area contributed by atoms with Gasteiger partial charge in [0.05, 0.1) is 6.10 Å². The van der Waals surface area contributed by atoms with Gasteiger partial charge in [0.15, 0.2) is 0 Å². The number of hydrogen-bond acceptors (Lipinski definition) is 3. The standard InChI is InChI=1S/C17H21N3O/c1-12-11-20(9-4-10-21-12)16-8-7-15(17(18)19)13-5-2-3-6-14(13)16/h2-3,5-8,12H,4,9-11H2,1H3,(H3,18,19). The number of fused-ring (bicyclic) bond motifs is 1. The summed E-state index contributed by atoms with van der Waals surface area (Å²) >= 11 is 0. The minimum atomic E-state index is 0.116. The van der Waals surface area contributed by atoms with E-state index in [9.17, 15) is 0 Å². The second-order valence-corrected chi connectivity index (χ2v) is 5.57. The molecular formula is C17H21N3O. The maximum Gasteiger partial charge on any atom is 0.123 e. The highest BCUT2D eigenvalue weighted by atomic mass is 16.5. The molecule has 21 heavy (non-hydrogen) atoms. The number of amidine groups is 1. The smallest absolute Gasteiger partial charge is 0.123 e. The Kier molecular flexibility index (Phi) is 3.80. The Labute approximate surface area is 125 Å². The molecule has 110 valence electrons. The van der Waals surface area contributed by atoms with Crippen molar-refractivity contribution in [3.8, 4) is 0 Å².